The van der Waals surface area contributed by atoms with E-state index in [0.717, 1.165) is 38.3 Å². The molecular weight excluding hydrogens is 376 g/mol. The Labute approximate surface area is 165 Å². The lowest BCUT2D eigenvalue weighted by atomic mass is 9.86. The Kier molecular flexibility index (Phi) is 10.3. The first-order chi connectivity index (χ1) is 12.5. The number of benzene rings is 1. The summed E-state index contributed by atoms with van der Waals surface area (Å²) < 4.78 is 26.7. The number of nitrogens with one attached hydrogen (secondary N) is 3. The van der Waals surface area contributed by atoms with Gasteiger partial charge in [0.05, 0.1) is 0 Å². The number of unbranched alkanes of at least 4 members (excludes halogenated alkanes) is 2. The fourth-order valence-corrected chi connectivity index (χ4v) is 3.28. The van der Waals surface area contributed by atoms with E-state index in [-0.39, 0.29) is 36.2 Å². The van der Waals surface area contributed by atoms with Gasteiger partial charge in [0.1, 0.15) is 0 Å². The van der Waals surface area contributed by atoms with Crippen molar-refractivity contribution in [2.75, 3.05) is 19.6 Å². The van der Waals surface area contributed by atoms with Gasteiger partial charge in [-0.3, -0.25) is 9.59 Å². The average molecular weight is 404 g/mol. The summed E-state index contributed by atoms with van der Waals surface area (Å²) >= 11 is 0. The molecule has 0 aliphatic carbocycles. The van der Waals surface area contributed by atoms with Gasteiger partial charge in [-0.15, -0.1) is 12.4 Å². The average Bonchev–Trinajstić information content (AvgIpc) is 2.60. The molecule has 5 nitrogen and oxygen atoms in total. The third-order valence-corrected chi connectivity index (χ3v) is 4.65. The van der Waals surface area contributed by atoms with Gasteiger partial charge in [-0.2, -0.15) is 0 Å². The fraction of sp³-hybridized carbons (Fsp3) is 0.579. The molecule has 3 N–H and O–H groups in total. The number of carbonyl (C=O) groups excluding carboxylic acids is 2. The van der Waals surface area contributed by atoms with Crippen LogP contribution in [0.15, 0.2) is 18.2 Å². The molecule has 1 aromatic rings. The van der Waals surface area contributed by atoms with Crippen LogP contribution in [0.25, 0.3) is 0 Å². The van der Waals surface area contributed by atoms with E-state index in [9.17, 15) is 18.4 Å². The Balaban J connectivity index is 0.00000364. The molecule has 0 radical (unpaired) electrons. The molecule has 1 fully saturated rings. The van der Waals surface area contributed by atoms with Crippen LogP contribution in [0.3, 0.4) is 0 Å². The van der Waals surface area contributed by atoms with Crippen LogP contribution in [0.5, 0.6) is 0 Å². The molecule has 1 aliphatic heterocycles. The standard InChI is InChI=1S/C19H27F2N3O2.ClH/c1-13(25)23-9-4-2-3-5-19(26)24-18-12-22-10-8-15(18)14-6-7-16(20)17(21)11-14;/h6-7,11,15,18,22H,2-5,8-10,12H2,1H3,(H,23,25)(H,24,26);1H. The Hall–Kier alpha value is -1.73. The van der Waals surface area contributed by atoms with Crippen molar-refractivity contribution < 1.29 is 18.4 Å². The van der Waals surface area contributed by atoms with Gasteiger partial charge in [-0.25, -0.2) is 8.78 Å². The first kappa shape index (κ1) is 23.3. The number of hydrogen-bond donors (Lipinski definition) is 3. The third kappa shape index (κ3) is 7.81. The van der Waals surface area contributed by atoms with Gasteiger partial charge in [0.2, 0.25) is 11.8 Å². The van der Waals surface area contributed by atoms with Crippen molar-refractivity contribution in [2.24, 2.45) is 0 Å². The minimum atomic E-state index is -0.859. The van der Waals surface area contributed by atoms with Gasteiger partial charge < -0.3 is 16.0 Å². The van der Waals surface area contributed by atoms with Crippen LogP contribution in [-0.2, 0) is 9.59 Å². The zero-order valence-electron chi connectivity index (χ0n) is 15.5. The normalized spacial score (nSPS) is 19.1. The maximum atomic E-state index is 13.5. The highest BCUT2D eigenvalue weighted by molar-refractivity contribution is 5.85. The SMILES string of the molecule is CC(=O)NCCCCCC(=O)NC1CNCCC1c1ccc(F)c(F)c1.Cl. The van der Waals surface area contributed by atoms with Crippen LogP contribution < -0.4 is 16.0 Å². The van der Waals surface area contributed by atoms with Crippen molar-refractivity contribution in [3.63, 3.8) is 0 Å². The minimum Gasteiger partial charge on any atom is -0.356 e. The fourth-order valence-electron chi connectivity index (χ4n) is 3.28. The maximum Gasteiger partial charge on any atom is 0.220 e. The van der Waals surface area contributed by atoms with Crippen LogP contribution in [0.2, 0.25) is 0 Å². The molecule has 1 aromatic carbocycles. The molecule has 1 aliphatic rings. The van der Waals surface area contributed by atoms with Crippen LogP contribution in [0.4, 0.5) is 8.78 Å². The van der Waals surface area contributed by atoms with Crippen LogP contribution in [0.1, 0.15) is 50.5 Å². The van der Waals surface area contributed by atoms with Crippen molar-refractivity contribution in [1.82, 2.24) is 16.0 Å². The number of amides is 2. The van der Waals surface area contributed by atoms with E-state index in [0.29, 0.717) is 25.1 Å². The second-order valence-corrected chi connectivity index (χ2v) is 6.74. The Bertz CT molecular complexity index is 631. The molecule has 8 heteroatoms. The maximum absolute atomic E-state index is 13.5. The topological polar surface area (TPSA) is 70.2 Å². The molecule has 27 heavy (non-hydrogen) atoms. The molecule has 2 rings (SSSR count). The molecule has 2 amide bonds. The molecule has 152 valence electrons. The van der Waals surface area contributed by atoms with Crippen molar-refractivity contribution in [1.29, 1.82) is 0 Å². The van der Waals surface area contributed by atoms with Gasteiger partial charge >= 0.3 is 0 Å². The lowest BCUT2D eigenvalue weighted by molar-refractivity contribution is -0.122. The summed E-state index contributed by atoms with van der Waals surface area (Å²) in [5.74, 6) is -1.83. The number of halogens is 3. The predicted octanol–water partition coefficient (Wildman–Crippen LogP) is 2.64. The zero-order chi connectivity index (χ0) is 18.9. The highest BCUT2D eigenvalue weighted by Crippen LogP contribution is 2.27. The summed E-state index contributed by atoms with van der Waals surface area (Å²) in [6.07, 6.45) is 3.63. The van der Waals surface area contributed by atoms with Crippen LogP contribution in [0, 0.1) is 11.6 Å². The lowest BCUT2D eigenvalue weighted by Crippen LogP contribution is -2.50. The highest BCUT2D eigenvalue weighted by Gasteiger charge is 2.28. The first-order valence-electron chi connectivity index (χ1n) is 9.17. The number of rotatable bonds is 8. The Morgan fingerprint density at radius 3 is 2.67 bits per heavy atom. The minimum absolute atomic E-state index is 0. The summed E-state index contributed by atoms with van der Waals surface area (Å²) in [5, 5.41) is 8.99. The molecule has 0 saturated carbocycles. The van der Waals surface area contributed by atoms with Gasteiger partial charge in [0.15, 0.2) is 11.6 Å². The third-order valence-electron chi connectivity index (χ3n) is 4.65. The van der Waals surface area contributed by atoms with E-state index in [2.05, 4.69) is 16.0 Å². The van der Waals surface area contributed by atoms with Crippen molar-refractivity contribution in [2.45, 2.75) is 51.0 Å². The van der Waals surface area contributed by atoms with Gasteiger partial charge in [0, 0.05) is 38.4 Å². The second kappa shape index (κ2) is 11.9. The van der Waals surface area contributed by atoms with Gasteiger partial charge in [-0.1, -0.05) is 12.5 Å². The molecule has 1 saturated heterocycles. The van der Waals surface area contributed by atoms with E-state index in [1.165, 1.54) is 13.0 Å². The zero-order valence-corrected chi connectivity index (χ0v) is 16.3. The van der Waals surface area contributed by atoms with E-state index in [1.807, 2.05) is 0 Å². The Morgan fingerprint density at radius 1 is 1.19 bits per heavy atom. The van der Waals surface area contributed by atoms with Crippen molar-refractivity contribution in [3.05, 3.63) is 35.4 Å². The summed E-state index contributed by atoms with van der Waals surface area (Å²) in [6, 6.07) is 3.82. The predicted molar refractivity (Wildman–Crippen MR) is 103 cm³/mol. The van der Waals surface area contributed by atoms with Gasteiger partial charge in [-0.05, 0) is 43.5 Å². The van der Waals surface area contributed by atoms with Crippen LogP contribution in [-0.4, -0.2) is 37.5 Å². The molecular formula is C19H28ClF2N3O2. The van der Waals surface area contributed by atoms with Crippen molar-refractivity contribution in [3.8, 4) is 0 Å². The first-order valence-corrected chi connectivity index (χ1v) is 9.17. The van der Waals surface area contributed by atoms with E-state index < -0.39 is 11.6 Å². The van der Waals surface area contributed by atoms with Gasteiger partial charge in [0.25, 0.3) is 0 Å². The summed E-state index contributed by atoms with van der Waals surface area (Å²) in [6.45, 7) is 3.49. The molecule has 0 bridgehead atoms. The number of carbonyl (C=O) groups is 2. The van der Waals surface area contributed by atoms with Crippen LogP contribution >= 0.6 is 12.4 Å². The molecule has 2 unspecified atom stereocenters. The lowest BCUT2D eigenvalue weighted by Gasteiger charge is -2.33. The smallest absolute Gasteiger partial charge is 0.220 e. The van der Waals surface area contributed by atoms with E-state index in [4.69, 9.17) is 0 Å². The van der Waals surface area contributed by atoms with Crippen molar-refractivity contribution >= 4 is 24.2 Å². The quantitative estimate of drug-likeness (QED) is 0.584. The van der Waals surface area contributed by atoms with E-state index in [1.54, 1.807) is 6.07 Å². The second-order valence-electron chi connectivity index (χ2n) is 6.74. The molecule has 0 spiro atoms. The summed E-state index contributed by atoms with van der Waals surface area (Å²) in [4.78, 5) is 23.0. The monoisotopic (exact) mass is 403 g/mol. The molecule has 2 atom stereocenters. The largest absolute Gasteiger partial charge is 0.356 e. The molecule has 0 aromatic heterocycles. The summed E-state index contributed by atoms with van der Waals surface area (Å²) in [7, 11) is 0. The highest BCUT2D eigenvalue weighted by atomic mass is 35.5. The number of piperidine rings is 1. The van der Waals surface area contributed by atoms with E-state index >= 15 is 0 Å². The Morgan fingerprint density at radius 2 is 1.96 bits per heavy atom. The summed E-state index contributed by atoms with van der Waals surface area (Å²) in [5.41, 5.74) is 0.714. The molecule has 1 heterocycles. The number of hydrogen-bond acceptors (Lipinski definition) is 3.